The summed E-state index contributed by atoms with van der Waals surface area (Å²) in [4.78, 5) is 25.2. The van der Waals surface area contributed by atoms with Crippen molar-refractivity contribution in [1.29, 1.82) is 0 Å². The van der Waals surface area contributed by atoms with Crippen LogP contribution in [-0.2, 0) is 15.6 Å². The third-order valence-electron chi connectivity index (χ3n) is 5.14. The summed E-state index contributed by atoms with van der Waals surface area (Å²) < 4.78 is 0. The number of hydrogen-bond acceptors (Lipinski definition) is 3. The Labute approximate surface area is 179 Å². The minimum Gasteiger partial charge on any atom is -0.507 e. The van der Waals surface area contributed by atoms with Gasteiger partial charge in [0, 0.05) is 22.4 Å². The van der Waals surface area contributed by atoms with Gasteiger partial charge in [0.25, 0.3) is 5.91 Å². The number of phenols is 1. The summed E-state index contributed by atoms with van der Waals surface area (Å²) in [6.07, 6.45) is 0. The Hall–Kier alpha value is -2.82. The summed E-state index contributed by atoms with van der Waals surface area (Å²) in [5, 5.41) is 16.4. The zero-order valence-corrected chi connectivity index (χ0v) is 19.4. The van der Waals surface area contributed by atoms with Gasteiger partial charge in [-0.1, -0.05) is 59.7 Å². The first-order valence-electron chi connectivity index (χ1n) is 10.2. The summed E-state index contributed by atoms with van der Waals surface area (Å²) >= 11 is 0. The number of aryl methyl sites for hydroxylation is 2. The van der Waals surface area contributed by atoms with Crippen LogP contribution in [-0.4, -0.2) is 23.5 Å². The molecule has 0 aliphatic rings. The molecule has 0 saturated heterocycles. The lowest BCUT2D eigenvalue weighted by atomic mass is 9.78. The van der Waals surface area contributed by atoms with Gasteiger partial charge in [0.15, 0.2) is 0 Å². The summed E-state index contributed by atoms with van der Waals surface area (Å²) in [6.45, 7) is 15.7. The molecule has 0 radical (unpaired) electrons. The zero-order valence-electron chi connectivity index (χ0n) is 19.4. The first-order chi connectivity index (χ1) is 13.7. The molecule has 0 bridgehead atoms. The Morgan fingerprint density at radius 3 is 1.80 bits per heavy atom. The number of carbonyl (C=O) groups excluding carboxylic acids is 2. The molecule has 0 aromatic heterocycles. The van der Waals surface area contributed by atoms with Crippen LogP contribution >= 0.6 is 0 Å². The van der Waals surface area contributed by atoms with Gasteiger partial charge >= 0.3 is 0 Å². The third kappa shape index (κ3) is 5.41. The monoisotopic (exact) mass is 410 g/mol. The molecular formula is C25H34N2O3. The van der Waals surface area contributed by atoms with E-state index in [-0.39, 0.29) is 34.9 Å². The van der Waals surface area contributed by atoms with Gasteiger partial charge in [-0.25, -0.2) is 0 Å². The summed E-state index contributed by atoms with van der Waals surface area (Å²) in [5.41, 5.74) is 3.89. The van der Waals surface area contributed by atoms with Crippen molar-refractivity contribution in [2.24, 2.45) is 0 Å². The number of carbonyl (C=O) groups is 2. The van der Waals surface area contributed by atoms with Gasteiger partial charge in [-0.15, -0.1) is 0 Å². The number of phenolic OH excluding ortho intramolecular Hbond substituents is 1. The Kier molecular flexibility index (Phi) is 6.65. The molecule has 2 aromatic carbocycles. The summed E-state index contributed by atoms with van der Waals surface area (Å²) in [5.74, 6) is -0.409. The van der Waals surface area contributed by atoms with Crippen molar-refractivity contribution < 1.29 is 14.7 Å². The second-order valence-corrected chi connectivity index (χ2v) is 9.92. The van der Waals surface area contributed by atoms with Crippen molar-refractivity contribution in [2.45, 2.75) is 66.2 Å². The average molecular weight is 411 g/mol. The fraction of sp³-hybridized carbons (Fsp3) is 0.440. The lowest BCUT2D eigenvalue weighted by Gasteiger charge is -2.28. The second kappa shape index (κ2) is 8.50. The van der Waals surface area contributed by atoms with E-state index in [2.05, 4.69) is 10.6 Å². The molecule has 2 rings (SSSR count). The van der Waals surface area contributed by atoms with E-state index in [0.717, 1.165) is 16.8 Å². The molecule has 2 aromatic rings. The fourth-order valence-electron chi connectivity index (χ4n) is 3.37. The highest BCUT2D eigenvalue weighted by Crippen LogP contribution is 2.39. The first kappa shape index (κ1) is 23.5. The number of para-hydroxylation sites is 1. The number of hydrogen-bond donors (Lipinski definition) is 3. The van der Waals surface area contributed by atoms with E-state index in [4.69, 9.17) is 0 Å². The Morgan fingerprint density at radius 1 is 0.900 bits per heavy atom. The Bertz CT molecular complexity index is 908. The largest absolute Gasteiger partial charge is 0.507 e. The topological polar surface area (TPSA) is 78.4 Å². The second-order valence-electron chi connectivity index (χ2n) is 9.92. The normalized spacial score (nSPS) is 11.9. The molecule has 2 amide bonds. The number of rotatable bonds is 4. The molecule has 0 atom stereocenters. The van der Waals surface area contributed by atoms with Crippen LogP contribution in [0.2, 0.25) is 0 Å². The number of benzene rings is 2. The van der Waals surface area contributed by atoms with Crippen LogP contribution in [0.15, 0.2) is 30.3 Å². The highest BCUT2D eigenvalue weighted by atomic mass is 16.3. The summed E-state index contributed by atoms with van der Waals surface area (Å²) in [7, 11) is 0. The van der Waals surface area contributed by atoms with E-state index in [1.165, 1.54) is 0 Å². The minimum absolute atomic E-state index is 0.136. The molecule has 5 nitrogen and oxygen atoms in total. The van der Waals surface area contributed by atoms with Crippen molar-refractivity contribution in [3.63, 3.8) is 0 Å². The van der Waals surface area contributed by atoms with Crippen molar-refractivity contribution in [1.82, 2.24) is 5.32 Å². The lowest BCUT2D eigenvalue weighted by Crippen LogP contribution is -2.33. The fourth-order valence-corrected chi connectivity index (χ4v) is 3.37. The van der Waals surface area contributed by atoms with E-state index in [9.17, 15) is 14.7 Å². The molecule has 0 aliphatic heterocycles. The quantitative estimate of drug-likeness (QED) is 0.666. The number of anilines is 1. The maximum Gasteiger partial charge on any atom is 0.251 e. The van der Waals surface area contributed by atoms with Gasteiger partial charge in [0.2, 0.25) is 5.91 Å². The molecular weight excluding hydrogens is 376 g/mol. The van der Waals surface area contributed by atoms with Gasteiger partial charge in [-0.2, -0.15) is 0 Å². The standard InChI is InChI=1S/C25H34N2O3/c1-15-10-9-11-16(2)21(15)27-20(28)14-26-23(30)17-12-18(24(3,4)5)22(29)19(13-17)25(6,7)8/h9-13,29H,14H2,1-8H3,(H,26,30)(H,27,28). The van der Waals surface area contributed by atoms with E-state index in [1.807, 2.05) is 73.6 Å². The van der Waals surface area contributed by atoms with Gasteiger partial charge in [-0.05, 0) is 47.9 Å². The van der Waals surface area contributed by atoms with E-state index in [0.29, 0.717) is 16.7 Å². The molecule has 162 valence electrons. The predicted octanol–water partition coefficient (Wildman–Crippen LogP) is 4.97. The van der Waals surface area contributed by atoms with Gasteiger partial charge < -0.3 is 15.7 Å². The molecule has 0 aliphatic carbocycles. The molecule has 0 fully saturated rings. The first-order valence-corrected chi connectivity index (χ1v) is 10.2. The molecule has 0 heterocycles. The van der Waals surface area contributed by atoms with Gasteiger partial charge in [0.05, 0.1) is 6.54 Å². The Morgan fingerprint density at radius 2 is 1.37 bits per heavy atom. The number of aromatic hydroxyl groups is 1. The van der Waals surface area contributed by atoms with E-state index >= 15 is 0 Å². The molecule has 30 heavy (non-hydrogen) atoms. The smallest absolute Gasteiger partial charge is 0.251 e. The molecule has 0 saturated carbocycles. The van der Waals surface area contributed by atoms with Crippen molar-refractivity contribution in [2.75, 3.05) is 11.9 Å². The van der Waals surface area contributed by atoms with Crippen LogP contribution in [0.3, 0.4) is 0 Å². The van der Waals surface area contributed by atoms with Crippen LogP contribution < -0.4 is 10.6 Å². The number of nitrogens with one attached hydrogen (secondary N) is 2. The van der Waals surface area contributed by atoms with Crippen LogP contribution in [0.5, 0.6) is 5.75 Å². The molecule has 0 unspecified atom stereocenters. The van der Waals surface area contributed by atoms with Crippen molar-refractivity contribution in [3.8, 4) is 5.75 Å². The maximum absolute atomic E-state index is 12.8. The highest BCUT2D eigenvalue weighted by Gasteiger charge is 2.27. The van der Waals surface area contributed by atoms with Gasteiger partial charge in [-0.3, -0.25) is 9.59 Å². The third-order valence-corrected chi connectivity index (χ3v) is 5.14. The highest BCUT2D eigenvalue weighted by molar-refractivity contribution is 6.00. The van der Waals surface area contributed by atoms with Crippen molar-refractivity contribution in [3.05, 3.63) is 58.1 Å². The maximum atomic E-state index is 12.8. The Balaban J connectivity index is 2.23. The van der Waals surface area contributed by atoms with E-state index in [1.54, 1.807) is 12.1 Å². The average Bonchev–Trinajstić information content (AvgIpc) is 2.61. The SMILES string of the molecule is Cc1cccc(C)c1NC(=O)CNC(=O)c1cc(C(C)(C)C)c(O)c(C(C)(C)C)c1. The van der Waals surface area contributed by atoms with Crippen LogP contribution in [0.1, 0.15) is 74.2 Å². The summed E-state index contributed by atoms with van der Waals surface area (Å²) in [6, 6.07) is 9.22. The van der Waals surface area contributed by atoms with Crippen molar-refractivity contribution >= 4 is 17.5 Å². The number of amides is 2. The van der Waals surface area contributed by atoms with E-state index < -0.39 is 0 Å². The van der Waals surface area contributed by atoms with Crippen LogP contribution in [0, 0.1) is 13.8 Å². The predicted molar refractivity (Wildman–Crippen MR) is 122 cm³/mol. The minimum atomic E-state index is -0.345. The molecule has 0 spiro atoms. The molecule has 5 heteroatoms. The van der Waals surface area contributed by atoms with Crippen LogP contribution in [0.25, 0.3) is 0 Å². The molecule has 3 N–H and O–H groups in total. The van der Waals surface area contributed by atoms with Gasteiger partial charge in [0.1, 0.15) is 5.75 Å². The van der Waals surface area contributed by atoms with Crippen LogP contribution in [0.4, 0.5) is 5.69 Å². The lowest BCUT2D eigenvalue weighted by molar-refractivity contribution is -0.115. The zero-order chi connectivity index (χ0) is 22.9.